The van der Waals surface area contributed by atoms with Crippen LogP contribution in [0.4, 0.5) is 0 Å². The molecule has 0 bridgehead atoms. The number of carbonyl (C=O) groups excluding carboxylic acids is 1. The smallest absolute Gasteiger partial charge is 0.230 e. The molecule has 3 aromatic rings. The molecule has 0 aliphatic carbocycles. The lowest BCUT2D eigenvalue weighted by atomic mass is 10.1. The second-order valence-corrected chi connectivity index (χ2v) is 7.79. The fourth-order valence-corrected chi connectivity index (χ4v) is 3.69. The molecule has 0 spiro atoms. The average Bonchev–Trinajstić information content (AvgIpc) is 3.09. The van der Waals surface area contributed by atoms with Gasteiger partial charge in [-0.1, -0.05) is 71.4 Å². The summed E-state index contributed by atoms with van der Waals surface area (Å²) in [6.07, 6.45) is 1.82. The van der Waals surface area contributed by atoms with Gasteiger partial charge in [0.25, 0.3) is 0 Å². The molecule has 28 heavy (non-hydrogen) atoms. The summed E-state index contributed by atoms with van der Waals surface area (Å²) in [6.45, 7) is 2.94. The number of halogens is 1. The van der Waals surface area contributed by atoms with E-state index in [0.717, 1.165) is 11.1 Å². The lowest BCUT2D eigenvalue weighted by Crippen LogP contribution is -2.24. The summed E-state index contributed by atoms with van der Waals surface area (Å²) in [5.74, 6) is 0.139. The molecule has 3 rings (SSSR count). The predicted molar refractivity (Wildman–Crippen MR) is 112 cm³/mol. The number of thioether (sulfide) groups is 1. The molecule has 0 saturated heterocycles. The van der Waals surface area contributed by atoms with E-state index >= 15 is 0 Å². The molecule has 1 aromatic heterocycles. The maximum atomic E-state index is 12.2. The van der Waals surface area contributed by atoms with Crippen molar-refractivity contribution in [1.29, 1.82) is 0 Å². The Labute approximate surface area is 173 Å². The van der Waals surface area contributed by atoms with Crippen LogP contribution in [0, 0.1) is 6.92 Å². The van der Waals surface area contributed by atoms with Gasteiger partial charge in [0.2, 0.25) is 5.91 Å². The van der Waals surface area contributed by atoms with Crippen molar-refractivity contribution in [2.45, 2.75) is 31.8 Å². The normalized spacial score (nSPS) is 10.8. The second-order valence-electron chi connectivity index (χ2n) is 6.44. The molecule has 7 heteroatoms. The van der Waals surface area contributed by atoms with Gasteiger partial charge in [0.15, 0.2) is 5.16 Å². The Morgan fingerprint density at radius 3 is 2.68 bits per heavy atom. The predicted octanol–water partition coefficient (Wildman–Crippen LogP) is 3.79. The van der Waals surface area contributed by atoms with Crippen molar-refractivity contribution in [3.8, 4) is 0 Å². The number of nitrogens with one attached hydrogen (secondary N) is 1. The Kier molecular flexibility index (Phi) is 7.14. The fraction of sp³-hybridized carbons (Fsp3) is 0.238. The van der Waals surface area contributed by atoms with Gasteiger partial charge in [-0.05, 0) is 24.1 Å². The SMILES string of the molecule is Cc1ccc(Cn2cc(CO)nc2SCC(=O)NCc2ccccc2Cl)cc1. The van der Waals surface area contributed by atoms with E-state index < -0.39 is 0 Å². The molecule has 0 unspecified atom stereocenters. The van der Waals surface area contributed by atoms with Crippen molar-refractivity contribution in [2.24, 2.45) is 0 Å². The first-order valence-corrected chi connectivity index (χ1v) is 10.3. The van der Waals surface area contributed by atoms with Crippen LogP contribution in [-0.2, 0) is 24.5 Å². The van der Waals surface area contributed by atoms with E-state index in [1.807, 2.05) is 35.9 Å². The molecule has 146 valence electrons. The summed E-state index contributed by atoms with van der Waals surface area (Å²) in [5, 5.41) is 13.6. The van der Waals surface area contributed by atoms with Crippen LogP contribution in [0.3, 0.4) is 0 Å². The fourth-order valence-electron chi connectivity index (χ4n) is 2.66. The third kappa shape index (κ3) is 5.61. The zero-order valence-corrected chi connectivity index (χ0v) is 17.1. The number of benzene rings is 2. The van der Waals surface area contributed by atoms with Crippen molar-refractivity contribution >= 4 is 29.3 Å². The quantitative estimate of drug-likeness (QED) is 0.549. The highest BCUT2D eigenvalue weighted by atomic mass is 35.5. The number of aliphatic hydroxyl groups is 1. The Hall–Kier alpha value is -2.28. The maximum absolute atomic E-state index is 12.2. The van der Waals surface area contributed by atoms with Crippen LogP contribution in [0.5, 0.6) is 0 Å². The number of nitrogens with zero attached hydrogens (tertiary/aromatic N) is 2. The van der Waals surface area contributed by atoms with E-state index in [0.29, 0.717) is 29.0 Å². The summed E-state index contributed by atoms with van der Waals surface area (Å²) in [4.78, 5) is 16.6. The standard InChI is InChI=1S/C21H22ClN3O2S/c1-15-6-8-16(9-7-15)11-25-12-18(13-26)24-21(25)28-14-20(27)23-10-17-4-2-3-5-19(17)22/h2-9,12,26H,10-11,13-14H2,1H3,(H,23,27). The van der Waals surface area contributed by atoms with Gasteiger partial charge in [-0.3, -0.25) is 4.79 Å². The van der Waals surface area contributed by atoms with Crippen LogP contribution < -0.4 is 5.32 Å². The number of carbonyl (C=O) groups is 1. The first-order valence-electron chi connectivity index (χ1n) is 8.90. The van der Waals surface area contributed by atoms with Crippen molar-refractivity contribution in [1.82, 2.24) is 14.9 Å². The molecule has 2 aromatic carbocycles. The van der Waals surface area contributed by atoms with E-state index in [2.05, 4.69) is 34.6 Å². The lowest BCUT2D eigenvalue weighted by molar-refractivity contribution is -0.118. The number of hydrogen-bond acceptors (Lipinski definition) is 4. The summed E-state index contributed by atoms with van der Waals surface area (Å²) < 4.78 is 1.96. The van der Waals surface area contributed by atoms with Crippen LogP contribution in [0.1, 0.15) is 22.4 Å². The molecule has 0 atom stereocenters. The van der Waals surface area contributed by atoms with Crippen LogP contribution in [0.15, 0.2) is 59.9 Å². The van der Waals surface area contributed by atoms with Crippen LogP contribution in [0.2, 0.25) is 5.02 Å². The van der Waals surface area contributed by atoms with Gasteiger partial charge in [-0.25, -0.2) is 4.98 Å². The molecule has 0 aliphatic rings. The average molecular weight is 416 g/mol. The van der Waals surface area contributed by atoms with Crippen LogP contribution >= 0.6 is 23.4 Å². The van der Waals surface area contributed by atoms with Crippen LogP contribution in [-0.4, -0.2) is 26.3 Å². The van der Waals surface area contributed by atoms with Gasteiger partial charge in [0, 0.05) is 24.3 Å². The van der Waals surface area contributed by atoms with E-state index in [1.54, 1.807) is 6.07 Å². The molecule has 0 fully saturated rings. The van der Waals surface area contributed by atoms with Gasteiger partial charge in [0.1, 0.15) is 0 Å². The zero-order chi connectivity index (χ0) is 19.9. The molecule has 0 radical (unpaired) electrons. The van der Waals surface area contributed by atoms with Gasteiger partial charge >= 0.3 is 0 Å². The number of imidazole rings is 1. The highest BCUT2D eigenvalue weighted by molar-refractivity contribution is 7.99. The van der Waals surface area contributed by atoms with Gasteiger partial charge < -0.3 is 15.0 Å². The molecule has 1 amide bonds. The monoisotopic (exact) mass is 415 g/mol. The minimum absolute atomic E-state index is 0.0969. The Balaban J connectivity index is 1.60. The third-order valence-electron chi connectivity index (χ3n) is 4.19. The maximum Gasteiger partial charge on any atom is 0.230 e. The molecule has 0 saturated carbocycles. The van der Waals surface area contributed by atoms with E-state index in [4.69, 9.17) is 11.6 Å². The van der Waals surface area contributed by atoms with Gasteiger partial charge in [0.05, 0.1) is 18.1 Å². The Morgan fingerprint density at radius 1 is 1.21 bits per heavy atom. The summed E-state index contributed by atoms with van der Waals surface area (Å²) in [5.41, 5.74) is 3.81. The molecule has 0 aliphatic heterocycles. The van der Waals surface area contributed by atoms with Crippen molar-refractivity contribution in [3.05, 3.63) is 82.1 Å². The number of rotatable bonds is 8. The highest BCUT2D eigenvalue weighted by Crippen LogP contribution is 2.20. The number of aromatic nitrogens is 2. The molecule has 2 N–H and O–H groups in total. The molecule has 5 nitrogen and oxygen atoms in total. The van der Waals surface area contributed by atoms with E-state index in [1.165, 1.54) is 17.3 Å². The third-order valence-corrected chi connectivity index (χ3v) is 5.55. The topological polar surface area (TPSA) is 67.1 Å². The second kappa shape index (κ2) is 9.78. The zero-order valence-electron chi connectivity index (χ0n) is 15.6. The minimum Gasteiger partial charge on any atom is -0.390 e. The van der Waals surface area contributed by atoms with Crippen molar-refractivity contribution in [2.75, 3.05) is 5.75 Å². The first-order chi connectivity index (χ1) is 13.5. The summed E-state index contributed by atoms with van der Waals surface area (Å²) >= 11 is 7.46. The largest absolute Gasteiger partial charge is 0.390 e. The minimum atomic E-state index is -0.132. The number of aliphatic hydroxyl groups excluding tert-OH is 1. The number of amides is 1. The number of aryl methyl sites for hydroxylation is 1. The van der Waals surface area contributed by atoms with Gasteiger partial charge in [-0.15, -0.1) is 0 Å². The van der Waals surface area contributed by atoms with Gasteiger partial charge in [-0.2, -0.15) is 0 Å². The molecular formula is C21H22ClN3O2S. The summed E-state index contributed by atoms with van der Waals surface area (Å²) in [7, 11) is 0. The number of hydrogen-bond donors (Lipinski definition) is 2. The first kappa shape index (κ1) is 20.5. The summed E-state index contributed by atoms with van der Waals surface area (Å²) in [6, 6.07) is 15.7. The highest BCUT2D eigenvalue weighted by Gasteiger charge is 2.12. The van der Waals surface area contributed by atoms with Crippen molar-refractivity contribution < 1.29 is 9.90 Å². The van der Waals surface area contributed by atoms with E-state index in [9.17, 15) is 9.90 Å². The van der Waals surface area contributed by atoms with Crippen molar-refractivity contribution in [3.63, 3.8) is 0 Å². The van der Waals surface area contributed by atoms with Crippen LogP contribution in [0.25, 0.3) is 0 Å². The Bertz CT molecular complexity index is 941. The lowest BCUT2D eigenvalue weighted by Gasteiger charge is -2.09. The Morgan fingerprint density at radius 2 is 1.96 bits per heavy atom. The molecule has 1 heterocycles. The van der Waals surface area contributed by atoms with E-state index in [-0.39, 0.29) is 18.3 Å². The molecular weight excluding hydrogens is 394 g/mol.